The number of nitrogens with zero attached hydrogens (tertiary/aromatic N) is 2. The maximum absolute atomic E-state index is 2.70. The molecule has 6 aromatic carbocycles. The normalized spacial score (nSPS) is 18.5. The lowest BCUT2D eigenvalue weighted by Gasteiger charge is -2.47. The number of benzene rings is 6. The van der Waals surface area contributed by atoms with Crippen LogP contribution < -0.4 is 25.5 Å². The third-order valence-electron chi connectivity index (χ3n) is 16.6. The molecule has 11 rings (SSSR count). The molecule has 0 saturated heterocycles. The largest absolute Gasteiger partial charge is 0.311 e. The van der Waals surface area contributed by atoms with Gasteiger partial charge < -0.3 is 9.80 Å². The topological polar surface area (TPSA) is 6.48 Å². The van der Waals surface area contributed by atoms with Crippen molar-refractivity contribution in [1.29, 1.82) is 0 Å². The van der Waals surface area contributed by atoms with Gasteiger partial charge in [0.2, 0.25) is 0 Å². The van der Waals surface area contributed by atoms with Crippen LogP contribution >= 0.6 is 11.3 Å². The Morgan fingerprint density at radius 1 is 0.538 bits per heavy atom. The first kappa shape index (κ1) is 42.6. The Kier molecular flexibility index (Phi) is 9.16. The van der Waals surface area contributed by atoms with Gasteiger partial charge in [0.05, 0.1) is 5.69 Å². The molecular weight excluding hydrogens is 804 g/mol. The van der Waals surface area contributed by atoms with Gasteiger partial charge in [0, 0.05) is 43.3 Å². The van der Waals surface area contributed by atoms with Crippen LogP contribution in [0.3, 0.4) is 0 Å². The van der Waals surface area contributed by atoms with Crippen LogP contribution in [0.4, 0.5) is 34.1 Å². The molecule has 65 heavy (non-hydrogen) atoms. The lowest BCUT2D eigenvalue weighted by molar-refractivity contribution is 0.332. The smallest absolute Gasteiger partial charge is 0.264 e. The minimum Gasteiger partial charge on any atom is -0.311 e. The molecule has 7 aromatic rings. The van der Waals surface area contributed by atoms with E-state index < -0.39 is 0 Å². The first-order valence-electron chi connectivity index (χ1n) is 24.4. The molecule has 4 heteroatoms. The maximum Gasteiger partial charge on any atom is 0.264 e. The van der Waals surface area contributed by atoms with E-state index in [0.29, 0.717) is 0 Å². The van der Waals surface area contributed by atoms with Gasteiger partial charge in [-0.2, -0.15) is 0 Å². The molecule has 0 saturated carbocycles. The van der Waals surface area contributed by atoms with Crippen molar-refractivity contribution in [3.05, 3.63) is 148 Å². The van der Waals surface area contributed by atoms with Gasteiger partial charge in [0.1, 0.15) is 0 Å². The number of aryl methyl sites for hydroxylation is 3. The summed E-state index contributed by atoms with van der Waals surface area (Å²) in [5.74, 6) is 0. The predicted octanol–water partition coefficient (Wildman–Crippen LogP) is 15.6. The summed E-state index contributed by atoms with van der Waals surface area (Å²) in [6.07, 6.45) is 4.77. The van der Waals surface area contributed by atoms with E-state index in [2.05, 4.69) is 221 Å². The molecule has 0 amide bonds. The van der Waals surface area contributed by atoms with Gasteiger partial charge in [0.25, 0.3) is 6.71 Å². The summed E-state index contributed by atoms with van der Waals surface area (Å²) in [6.45, 7) is 33.8. The molecule has 2 aliphatic carbocycles. The van der Waals surface area contributed by atoms with E-state index in [1.807, 2.05) is 0 Å². The zero-order valence-corrected chi connectivity index (χ0v) is 42.3. The molecule has 330 valence electrons. The number of thiophene rings is 1. The molecule has 0 radical (unpaired) electrons. The van der Waals surface area contributed by atoms with Crippen LogP contribution in [-0.2, 0) is 27.1 Å². The first-order valence-corrected chi connectivity index (χ1v) is 25.2. The second kappa shape index (κ2) is 14.0. The SMILES string of the molecule is Cc1cc2c3c(c1)N(c1ccc(C(C)(C)C)cc1)c1c(sc4cc5c(cc14)C(C)(C)CCC5(C)C)B3c1cc3c(cc1N2c1ccc(-c2ccccc2C)cc1C)C(C)(C)CCC3(C)C. The van der Waals surface area contributed by atoms with Crippen LogP contribution in [0, 0.1) is 20.8 Å². The van der Waals surface area contributed by atoms with Crippen molar-refractivity contribution < 1.29 is 0 Å². The fraction of sp³-hybridized carbons (Fsp3) is 0.377. The zero-order chi connectivity index (χ0) is 45.9. The van der Waals surface area contributed by atoms with Gasteiger partial charge in [-0.05, 0) is 195 Å². The number of anilines is 6. The molecule has 4 aliphatic rings. The highest BCUT2D eigenvalue weighted by Gasteiger charge is 2.49. The average Bonchev–Trinajstić information content (AvgIpc) is 3.62. The van der Waals surface area contributed by atoms with E-state index in [1.165, 1.54) is 141 Å². The summed E-state index contributed by atoms with van der Waals surface area (Å²) in [7, 11) is 0. The Labute approximate surface area is 394 Å². The maximum atomic E-state index is 2.70. The van der Waals surface area contributed by atoms with Crippen LogP contribution in [0.2, 0.25) is 0 Å². The Morgan fingerprint density at radius 3 is 1.71 bits per heavy atom. The van der Waals surface area contributed by atoms with Crippen molar-refractivity contribution >= 4 is 78.0 Å². The molecule has 0 unspecified atom stereocenters. The van der Waals surface area contributed by atoms with Crippen molar-refractivity contribution in [3.8, 4) is 11.1 Å². The molecule has 0 bridgehead atoms. The molecule has 3 heterocycles. The third-order valence-corrected chi connectivity index (χ3v) is 17.8. The minimum atomic E-state index is 0.0595. The number of rotatable bonds is 3. The van der Waals surface area contributed by atoms with Crippen LogP contribution in [0.25, 0.3) is 21.2 Å². The van der Waals surface area contributed by atoms with Crippen molar-refractivity contribution in [2.24, 2.45) is 0 Å². The van der Waals surface area contributed by atoms with Gasteiger partial charge in [-0.3, -0.25) is 0 Å². The van der Waals surface area contributed by atoms with E-state index in [4.69, 9.17) is 0 Å². The Bertz CT molecular complexity index is 3130. The summed E-state index contributed by atoms with van der Waals surface area (Å²) in [5, 5.41) is 1.40. The van der Waals surface area contributed by atoms with Crippen LogP contribution in [-0.4, -0.2) is 6.71 Å². The van der Waals surface area contributed by atoms with E-state index >= 15 is 0 Å². The predicted molar refractivity (Wildman–Crippen MR) is 285 cm³/mol. The van der Waals surface area contributed by atoms with Crippen LogP contribution in [0.15, 0.2) is 103 Å². The highest BCUT2D eigenvalue weighted by atomic mass is 32.1. The number of fused-ring (bicyclic) bond motifs is 8. The minimum absolute atomic E-state index is 0.0595. The molecule has 2 aliphatic heterocycles. The summed E-state index contributed by atoms with van der Waals surface area (Å²) in [5.41, 5.74) is 25.0. The van der Waals surface area contributed by atoms with E-state index in [-0.39, 0.29) is 33.8 Å². The highest BCUT2D eigenvalue weighted by molar-refractivity contribution is 7.33. The Hall–Kier alpha value is -5.06. The monoisotopic (exact) mass is 871 g/mol. The quantitative estimate of drug-likeness (QED) is 0.163. The van der Waals surface area contributed by atoms with Crippen molar-refractivity contribution in [2.45, 2.75) is 150 Å². The first-order chi connectivity index (χ1) is 30.6. The van der Waals surface area contributed by atoms with E-state index in [1.54, 1.807) is 0 Å². The molecule has 0 fully saturated rings. The van der Waals surface area contributed by atoms with Crippen molar-refractivity contribution in [2.75, 3.05) is 9.80 Å². The Morgan fingerprint density at radius 2 is 1.11 bits per heavy atom. The van der Waals surface area contributed by atoms with Crippen molar-refractivity contribution in [3.63, 3.8) is 0 Å². The molecule has 0 atom stereocenters. The molecule has 0 N–H and O–H groups in total. The van der Waals surface area contributed by atoms with E-state index in [0.717, 1.165) is 0 Å². The third kappa shape index (κ3) is 6.39. The van der Waals surface area contributed by atoms with E-state index in [9.17, 15) is 0 Å². The summed E-state index contributed by atoms with van der Waals surface area (Å²) < 4.78 is 2.88. The fourth-order valence-corrected chi connectivity index (χ4v) is 13.7. The highest BCUT2D eigenvalue weighted by Crippen LogP contribution is 2.54. The number of hydrogen-bond acceptors (Lipinski definition) is 3. The summed E-state index contributed by atoms with van der Waals surface area (Å²) in [4.78, 5) is 5.36. The second-order valence-corrected chi connectivity index (χ2v) is 25.2. The summed E-state index contributed by atoms with van der Waals surface area (Å²) >= 11 is 2.06. The van der Waals surface area contributed by atoms with Gasteiger partial charge in [0.15, 0.2) is 0 Å². The Balaban J connectivity index is 1.25. The lowest BCUT2D eigenvalue weighted by atomic mass is 9.35. The lowest BCUT2D eigenvalue weighted by Crippen LogP contribution is -2.61. The number of hydrogen-bond donors (Lipinski definition) is 0. The standard InChI is InChI=1S/C61H67BN2S/c1-36-29-51-54-52(30-36)64(49-24-19-39(31-38(49)3)42-18-16-15-17-37(42)2)50-34-46-45(59(9,10)26-27-60(46,11)12)33-48(50)62(54)56-55(63(51)41-22-20-40(21-23-41)57(4,5)6)43-32-44-47(35-53(43)65-56)61(13,14)28-25-58(44,7)8/h15-24,29-35H,25-28H2,1-14H3. The van der Waals surface area contributed by atoms with Gasteiger partial charge in [-0.25, -0.2) is 0 Å². The second-order valence-electron chi connectivity index (χ2n) is 24.1. The molecule has 2 nitrogen and oxygen atoms in total. The fourth-order valence-electron chi connectivity index (χ4n) is 12.3. The molecule has 0 spiro atoms. The molecular formula is C61H67BN2S. The van der Waals surface area contributed by atoms with Gasteiger partial charge >= 0.3 is 0 Å². The van der Waals surface area contributed by atoms with Gasteiger partial charge in [-0.1, -0.05) is 125 Å². The van der Waals surface area contributed by atoms with Crippen LogP contribution in [0.5, 0.6) is 0 Å². The van der Waals surface area contributed by atoms with Gasteiger partial charge in [-0.15, -0.1) is 11.3 Å². The van der Waals surface area contributed by atoms with Crippen LogP contribution in [0.1, 0.15) is 146 Å². The molecule has 1 aromatic heterocycles. The summed E-state index contributed by atoms with van der Waals surface area (Å²) in [6, 6.07) is 41.2. The average molecular weight is 871 g/mol. The zero-order valence-electron chi connectivity index (χ0n) is 41.5. The van der Waals surface area contributed by atoms with Crippen molar-refractivity contribution in [1.82, 2.24) is 0 Å².